The normalized spacial score (nSPS) is 20.4. The van der Waals surface area contributed by atoms with Crippen molar-refractivity contribution in [2.75, 3.05) is 31.7 Å². The summed E-state index contributed by atoms with van der Waals surface area (Å²) in [5.74, 6) is 1.81. The van der Waals surface area contributed by atoms with E-state index in [2.05, 4.69) is 17.2 Å². The molecule has 0 bridgehead atoms. The van der Waals surface area contributed by atoms with Gasteiger partial charge in [-0.2, -0.15) is 0 Å². The molecule has 9 heteroatoms. The van der Waals surface area contributed by atoms with Gasteiger partial charge in [0.25, 0.3) is 0 Å². The summed E-state index contributed by atoms with van der Waals surface area (Å²) in [6.07, 6.45) is -0.465. The van der Waals surface area contributed by atoms with Gasteiger partial charge in [0.05, 0.1) is 13.0 Å². The van der Waals surface area contributed by atoms with Gasteiger partial charge in [-0.05, 0) is 24.3 Å². The zero-order valence-corrected chi connectivity index (χ0v) is 17.2. The predicted molar refractivity (Wildman–Crippen MR) is 111 cm³/mol. The molecule has 4 rings (SSSR count). The van der Waals surface area contributed by atoms with Crippen molar-refractivity contribution in [1.29, 1.82) is 0 Å². The van der Waals surface area contributed by atoms with E-state index in [4.69, 9.17) is 4.74 Å². The Labute approximate surface area is 182 Å². The maximum atomic E-state index is 14.9. The number of hydrogen-bond acceptors (Lipinski definition) is 4. The standard InChI is InChI=1S/C23H19F2N3O4/c1-32-14-23-13-19(29)28(22(31)27(23)10-9-26-21(23)30)20-17(24)11-16(12-18(20)25)8-7-15-5-3-2-4-6-15/h2-6,11-12H,9-10,13-14H2,1H3,(H,26,30). The second-order valence-corrected chi connectivity index (χ2v) is 7.47. The molecule has 2 aromatic rings. The van der Waals surface area contributed by atoms with Crippen molar-refractivity contribution in [2.45, 2.75) is 12.0 Å². The summed E-state index contributed by atoms with van der Waals surface area (Å²) in [4.78, 5) is 40.1. The summed E-state index contributed by atoms with van der Waals surface area (Å²) >= 11 is 0. The van der Waals surface area contributed by atoms with Crippen LogP contribution in [0.15, 0.2) is 42.5 Å². The van der Waals surface area contributed by atoms with Crippen LogP contribution in [0.4, 0.5) is 19.3 Å². The van der Waals surface area contributed by atoms with Crippen LogP contribution in [0.5, 0.6) is 0 Å². The Morgan fingerprint density at radius 2 is 1.72 bits per heavy atom. The van der Waals surface area contributed by atoms with Crippen LogP contribution in [-0.4, -0.2) is 55.1 Å². The van der Waals surface area contributed by atoms with E-state index in [1.165, 1.54) is 7.11 Å². The molecule has 0 aromatic heterocycles. The summed E-state index contributed by atoms with van der Waals surface area (Å²) in [6.45, 7) is 0.00175. The zero-order valence-electron chi connectivity index (χ0n) is 17.2. The lowest BCUT2D eigenvalue weighted by atomic mass is 9.87. The molecule has 1 N–H and O–H groups in total. The van der Waals surface area contributed by atoms with Gasteiger partial charge in [0.15, 0.2) is 17.2 Å². The molecule has 164 valence electrons. The van der Waals surface area contributed by atoms with E-state index in [-0.39, 0.29) is 25.3 Å². The van der Waals surface area contributed by atoms with Crippen molar-refractivity contribution < 1.29 is 27.9 Å². The van der Waals surface area contributed by atoms with Gasteiger partial charge in [-0.15, -0.1) is 0 Å². The van der Waals surface area contributed by atoms with Gasteiger partial charge in [0, 0.05) is 31.3 Å². The number of hydrogen-bond donors (Lipinski definition) is 1. The molecular weight excluding hydrogens is 420 g/mol. The van der Waals surface area contributed by atoms with Crippen LogP contribution in [0.1, 0.15) is 17.5 Å². The number of carbonyl (C=O) groups excluding carboxylic acids is 3. The largest absolute Gasteiger partial charge is 0.382 e. The first-order chi connectivity index (χ1) is 15.4. The number of urea groups is 1. The Morgan fingerprint density at radius 3 is 2.38 bits per heavy atom. The van der Waals surface area contributed by atoms with E-state index in [0.717, 1.165) is 17.0 Å². The van der Waals surface area contributed by atoms with Crippen molar-refractivity contribution in [3.05, 3.63) is 65.2 Å². The van der Waals surface area contributed by atoms with Crippen LogP contribution in [0, 0.1) is 23.5 Å². The van der Waals surface area contributed by atoms with E-state index >= 15 is 0 Å². The van der Waals surface area contributed by atoms with Crippen molar-refractivity contribution in [2.24, 2.45) is 0 Å². The highest BCUT2D eigenvalue weighted by Gasteiger charge is 2.56. The minimum absolute atomic E-state index is 0.0515. The molecule has 32 heavy (non-hydrogen) atoms. The van der Waals surface area contributed by atoms with Gasteiger partial charge in [-0.3, -0.25) is 9.59 Å². The number of piperazine rings is 1. The predicted octanol–water partition coefficient (Wildman–Crippen LogP) is 2.04. The van der Waals surface area contributed by atoms with Gasteiger partial charge < -0.3 is 15.0 Å². The number of anilines is 1. The molecule has 0 spiro atoms. The summed E-state index contributed by atoms with van der Waals surface area (Å²) < 4.78 is 35.0. The van der Waals surface area contributed by atoms with Crippen molar-refractivity contribution in [3.63, 3.8) is 0 Å². The first-order valence-corrected chi connectivity index (χ1v) is 9.85. The topological polar surface area (TPSA) is 79.0 Å². The zero-order chi connectivity index (χ0) is 22.9. The molecule has 2 aromatic carbocycles. The molecule has 2 fully saturated rings. The Kier molecular flexibility index (Phi) is 5.63. The summed E-state index contributed by atoms with van der Waals surface area (Å²) in [5, 5.41) is 2.61. The van der Waals surface area contributed by atoms with Gasteiger partial charge in [-0.1, -0.05) is 30.0 Å². The lowest BCUT2D eigenvalue weighted by Gasteiger charge is -2.49. The molecule has 1 unspecified atom stereocenters. The molecule has 2 aliphatic heterocycles. The highest BCUT2D eigenvalue weighted by Crippen LogP contribution is 2.35. The maximum absolute atomic E-state index is 14.9. The number of halogens is 2. The number of benzene rings is 2. The number of rotatable bonds is 3. The summed E-state index contributed by atoms with van der Waals surface area (Å²) in [5.41, 5.74) is -1.62. The molecule has 7 nitrogen and oxygen atoms in total. The van der Waals surface area contributed by atoms with Crippen molar-refractivity contribution in [3.8, 4) is 11.8 Å². The van der Waals surface area contributed by atoms with Gasteiger partial charge in [-0.25, -0.2) is 18.5 Å². The fourth-order valence-corrected chi connectivity index (χ4v) is 3.96. The molecule has 2 heterocycles. The molecule has 0 radical (unpaired) electrons. The third-order valence-electron chi connectivity index (χ3n) is 5.42. The molecule has 4 amide bonds. The number of methoxy groups -OCH3 is 1. The first kappa shape index (κ1) is 21.5. The SMILES string of the molecule is COCC12CC(=O)N(c3c(F)cc(C#Cc4ccccc4)cc3F)C(=O)N1CCNC2=O. The minimum atomic E-state index is -1.55. The Morgan fingerprint density at radius 1 is 1.06 bits per heavy atom. The van der Waals surface area contributed by atoms with E-state index in [1.807, 2.05) is 6.07 Å². The van der Waals surface area contributed by atoms with Crippen LogP contribution >= 0.6 is 0 Å². The van der Waals surface area contributed by atoms with Crippen LogP contribution < -0.4 is 10.2 Å². The quantitative estimate of drug-likeness (QED) is 0.743. The third kappa shape index (κ3) is 3.59. The minimum Gasteiger partial charge on any atom is -0.382 e. The average molecular weight is 439 g/mol. The highest BCUT2D eigenvalue weighted by molar-refractivity contribution is 6.19. The van der Waals surface area contributed by atoms with Crippen LogP contribution in [0.25, 0.3) is 0 Å². The van der Waals surface area contributed by atoms with Crippen LogP contribution in [0.2, 0.25) is 0 Å². The maximum Gasteiger partial charge on any atom is 0.332 e. The van der Waals surface area contributed by atoms with E-state index < -0.39 is 47.1 Å². The Balaban J connectivity index is 1.70. The fraction of sp³-hybridized carbons (Fsp3) is 0.261. The summed E-state index contributed by atoms with van der Waals surface area (Å²) in [7, 11) is 1.34. The van der Waals surface area contributed by atoms with E-state index in [1.54, 1.807) is 24.3 Å². The average Bonchev–Trinajstić information content (AvgIpc) is 2.76. The smallest absolute Gasteiger partial charge is 0.332 e. The number of carbonyl (C=O) groups is 3. The van der Waals surface area contributed by atoms with E-state index in [9.17, 15) is 23.2 Å². The Bertz CT molecular complexity index is 1140. The monoisotopic (exact) mass is 439 g/mol. The highest BCUT2D eigenvalue weighted by atomic mass is 19.1. The summed E-state index contributed by atoms with van der Waals surface area (Å²) in [6, 6.07) is 9.84. The first-order valence-electron chi connectivity index (χ1n) is 9.85. The molecular formula is C23H19F2N3O4. The molecule has 0 saturated carbocycles. The van der Waals surface area contributed by atoms with Gasteiger partial charge in [0.1, 0.15) is 5.69 Å². The Hall–Kier alpha value is -3.77. The number of nitrogens with zero attached hydrogens (tertiary/aromatic N) is 2. The second kappa shape index (κ2) is 8.40. The third-order valence-corrected chi connectivity index (χ3v) is 5.42. The molecule has 1 atom stereocenters. The number of ether oxygens (including phenoxy) is 1. The van der Waals surface area contributed by atoms with Crippen LogP contribution in [-0.2, 0) is 14.3 Å². The number of amides is 4. The van der Waals surface area contributed by atoms with Gasteiger partial charge in [0.2, 0.25) is 11.8 Å². The molecule has 2 aliphatic rings. The van der Waals surface area contributed by atoms with Crippen molar-refractivity contribution >= 4 is 23.5 Å². The van der Waals surface area contributed by atoms with Crippen molar-refractivity contribution in [1.82, 2.24) is 10.2 Å². The lowest BCUT2D eigenvalue weighted by molar-refractivity contribution is -0.145. The lowest BCUT2D eigenvalue weighted by Crippen LogP contribution is -2.74. The number of fused-ring (bicyclic) bond motifs is 1. The van der Waals surface area contributed by atoms with Crippen LogP contribution in [0.3, 0.4) is 0 Å². The second-order valence-electron chi connectivity index (χ2n) is 7.47. The number of nitrogens with one attached hydrogen (secondary N) is 1. The van der Waals surface area contributed by atoms with Gasteiger partial charge >= 0.3 is 6.03 Å². The molecule has 0 aliphatic carbocycles. The fourth-order valence-electron chi connectivity index (χ4n) is 3.96. The molecule has 2 saturated heterocycles. The van der Waals surface area contributed by atoms with E-state index in [0.29, 0.717) is 10.5 Å². The number of imide groups is 1.